The summed E-state index contributed by atoms with van der Waals surface area (Å²) in [7, 11) is -4.18. The van der Waals surface area contributed by atoms with Gasteiger partial charge in [0.2, 0.25) is 0 Å². The summed E-state index contributed by atoms with van der Waals surface area (Å²) in [6, 6.07) is 4.23. The highest BCUT2D eigenvalue weighted by atomic mass is 35.5. The zero-order valence-corrected chi connectivity index (χ0v) is 12.8. The van der Waals surface area contributed by atoms with Crippen molar-refractivity contribution in [1.82, 2.24) is 10.2 Å². The summed E-state index contributed by atoms with van der Waals surface area (Å²) >= 11 is 11.7. The van der Waals surface area contributed by atoms with Crippen molar-refractivity contribution in [2.24, 2.45) is 0 Å². The number of hydrogen-bond acceptors (Lipinski definition) is 4. The summed E-state index contributed by atoms with van der Waals surface area (Å²) in [4.78, 5) is 10.6. The van der Waals surface area contributed by atoms with Gasteiger partial charge in [-0.05, 0) is 25.1 Å². The first-order valence-electron chi connectivity index (χ1n) is 5.48. The molecule has 0 saturated heterocycles. The first kappa shape index (κ1) is 15.6. The lowest BCUT2D eigenvalue weighted by Crippen LogP contribution is -2.17. The standard InChI is InChI=1S/C11H9Cl2N3O4S/c1-5-10(9(11(17)18)15-14-5)21(19,20)16-8-4-6(12)2-3-7(8)13/h2-4,16H,1H3,(H,14,15)(H,17,18). The molecule has 10 heteroatoms. The van der Waals surface area contributed by atoms with Gasteiger partial charge in [-0.2, -0.15) is 5.10 Å². The van der Waals surface area contributed by atoms with Crippen LogP contribution in [0.4, 0.5) is 5.69 Å². The summed E-state index contributed by atoms with van der Waals surface area (Å²) in [5.74, 6) is -1.46. The van der Waals surface area contributed by atoms with Gasteiger partial charge in [-0.25, -0.2) is 13.2 Å². The zero-order chi connectivity index (χ0) is 15.8. The monoisotopic (exact) mass is 349 g/mol. The summed E-state index contributed by atoms with van der Waals surface area (Å²) in [6.45, 7) is 1.40. The fraction of sp³-hybridized carbons (Fsp3) is 0.0909. The number of hydrogen-bond donors (Lipinski definition) is 3. The normalized spacial score (nSPS) is 11.4. The van der Waals surface area contributed by atoms with Crippen LogP contribution < -0.4 is 4.72 Å². The maximum absolute atomic E-state index is 12.3. The molecule has 1 aromatic heterocycles. The number of halogens is 2. The molecule has 0 radical (unpaired) electrons. The van der Waals surface area contributed by atoms with Crippen LogP contribution in [0.1, 0.15) is 16.2 Å². The van der Waals surface area contributed by atoms with Gasteiger partial charge in [0.05, 0.1) is 16.4 Å². The van der Waals surface area contributed by atoms with Crippen LogP contribution >= 0.6 is 23.2 Å². The van der Waals surface area contributed by atoms with Crippen LogP contribution in [0.2, 0.25) is 10.0 Å². The number of anilines is 1. The number of aromatic carboxylic acids is 1. The van der Waals surface area contributed by atoms with E-state index in [1.54, 1.807) is 0 Å². The fourth-order valence-corrected chi connectivity index (χ4v) is 3.45. The first-order chi connectivity index (χ1) is 9.72. The Kier molecular flexibility index (Phi) is 4.13. The molecule has 0 amide bonds. The lowest BCUT2D eigenvalue weighted by Gasteiger charge is -2.10. The Morgan fingerprint density at radius 3 is 2.67 bits per heavy atom. The molecule has 1 heterocycles. The van der Waals surface area contributed by atoms with E-state index in [0.717, 1.165) is 0 Å². The zero-order valence-electron chi connectivity index (χ0n) is 10.5. The molecule has 21 heavy (non-hydrogen) atoms. The lowest BCUT2D eigenvalue weighted by atomic mass is 10.3. The Balaban J connectivity index is 2.51. The van der Waals surface area contributed by atoms with Gasteiger partial charge in [-0.15, -0.1) is 0 Å². The minimum Gasteiger partial charge on any atom is -0.476 e. The number of nitrogens with zero attached hydrogens (tertiary/aromatic N) is 1. The second-order valence-corrected chi connectivity index (χ2v) is 6.52. The van der Waals surface area contributed by atoms with Gasteiger partial charge in [0.25, 0.3) is 10.0 Å². The molecule has 1 aromatic carbocycles. The number of nitrogens with one attached hydrogen (secondary N) is 2. The minimum absolute atomic E-state index is 0.0427. The Morgan fingerprint density at radius 2 is 2.05 bits per heavy atom. The van der Waals surface area contributed by atoms with Gasteiger partial charge in [-0.1, -0.05) is 23.2 Å². The Hall–Kier alpha value is -1.77. The van der Waals surface area contributed by atoms with E-state index in [1.165, 1.54) is 25.1 Å². The van der Waals surface area contributed by atoms with E-state index in [4.69, 9.17) is 28.3 Å². The van der Waals surface area contributed by atoms with Crippen LogP contribution in [0.3, 0.4) is 0 Å². The van der Waals surface area contributed by atoms with Crippen molar-refractivity contribution in [3.05, 3.63) is 39.6 Å². The summed E-state index contributed by atoms with van der Waals surface area (Å²) < 4.78 is 26.9. The molecule has 0 bridgehead atoms. The fourth-order valence-electron chi connectivity index (χ4n) is 1.66. The van der Waals surface area contributed by atoms with Crippen molar-refractivity contribution in [3.63, 3.8) is 0 Å². The van der Waals surface area contributed by atoms with Gasteiger partial charge in [0.15, 0.2) is 5.69 Å². The highest BCUT2D eigenvalue weighted by molar-refractivity contribution is 7.92. The average Bonchev–Trinajstić information content (AvgIpc) is 2.76. The molecule has 0 atom stereocenters. The van der Waals surface area contributed by atoms with Crippen molar-refractivity contribution in [1.29, 1.82) is 0 Å². The highest BCUT2D eigenvalue weighted by Crippen LogP contribution is 2.29. The molecule has 0 aliphatic carbocycles. The van der Waals surface area contributed by atoms with Crippen molar-refractivity contribution >= 4 is 44.9 Å². The number of aryl methyl sites for hydroxylation is 1. The van der Waals surface area contributed by atoms with Crippen LogP contribution in [-0.2, 0) is 10.0 Å². The molecule has 0 aliphatic rings. The molecule has 2 rings (SSSR count). The molecule has 3 N–H and O–H groups in total. The van der Waals surface area contributed by atoms with Gasteiger partial charge in [-0.3, -0.25) is 9.82 Å². The predicted molar refractivity (Wildman–Crippen MR) is 77.6 cm³/mol. The maximum Gasteiger partial charge on any atom is 0.357 e. The molecule has 112 valence electrons. The number of H-pyrrole nitrogens is 1. The summed E-state index contributed by atoms with van der Waals surface area (Å²) in [5, 5.41) is 15.2. The Bertz CT molecular complexity index is 817. The molecule has 0 spiro atoms. The number of carbonyl (C=O) groups is 1. The highest BCUT2D eigenvalue weighted by Gasteiger charge is 2.28. The molecular formula is C11H9Cl2N3O4S. The van der Waals surface area contributed by atoms with Crippen molar-refractivity contribution in [2.75, 3.05) is 4.72 Å². The molecule has 0 saturated carbocycles. The third kappa shape index (κ3) is 3.12. The van der Waals surface area contributed by atoms with E-state index < -0.39 is 26.6 Å². The van der Waals surface area contributed by atoms with Crippen LogP contribution in [0.15, 0.2) is 23.1 Å². The third-order valence-electron chi connectivity index (χ3n) is 2.54. The molecule has 2 aromatic rings. The molecule has 0 fully saturated rings. The van der Waals surface area contributed by atoms with Crippen LogP contribution in [0.25, 0.3) is 0 Å². The number of aromatic amines is 1. The number of rotatable bonds is 4. The number of sulfonamides is 1. The Labute approximate surface area is 129 Å². The predicted octanol–water partition coefficient (Wildman–Crippen LogP) is 2.52. The number of carboxylic acid groups (broad SMARTS) is 1. The molecule has 0 unspecified atom stereocenters. The number of carboxylic acids is 1. The van der Waals surface area contributed by atoms with Crippen molar-refractivity contribution in [3.8, 4) is 0 Å². The number of benzene rings is 1. The van der Waals surface area contributed by atoms with Gasteiger partial charge in [0.1, 0.15) is 4.90 Å². The van der Waals surface area contributed by atoms with Gasteiger partial charge in [0, 0.05) is 5.02 Å². The molecule has 0 aliphatic heterocycles. The second-order valence-electron chi connectivity index (χ2n) is 4.06. The molecule has 7 nitrogen and oxygen atoms in total. The minimum atomic E-state index is -4.18. The van der Waals surface area contributed by atoms with Gasteiger partial charge < -0.3 is 5.11 Å². The first-order valence-corrected chi connectivity index (χ1v) is 7.72. The van der Waals surface area contributed by atoms with Crippen LogP contribution in [0, 0.1) is 6.92 Å². The second kappa shape index (κ2) is 5.55. The van der Waals surface area contributed by atoms with Crippen molar-refractivity contribution in [2.45, 2.75) is 11.8 Å². The van der Waals surface area contributed by atoms with Crippen LogP contribution in [0.5, 0.6) is 0 Å². The quantitative estimate of drug-likeness (QED) is 0.784. The van der Waals surface area contributed by atoms with Crippen LogP contribution in [-0.4, -0.2) is 29.7 Å². The molecular weight excluding hydrogens is 341 g/mol. The van der Waals surface area contributed by atoms with Gasteiger partial charge >= 0.3 is 5.97 Å². The topological polar surface area (TPSA) is 112 Å². The Morgan fingerprint density at radius 1 is 1.38 bits per heavy atom. The average molecular weight is 350 g/mol. The largest absolute Gasteiger partial charge is 0.476 e. The van der Waals surface area contributed by atoms with E-state index in [0.29, 0.717) is 0 Å². The summed E-state index contributed by atoms with van der Waals surface area (Å²) in [5.41, 5.74) is -0.461. The summed E-state index contributed by atoms with van der Waals surface area (Å²) in [6.07, 6.45) is 0. The van der Waals surface area contributed by atoms with E-state index in [9.17, 15) is 13.2 Å². The smallest absolute Gasteiger partial charge is 0.357 e. The number of aromatic nitrogens is 2. The van der Waals surface area contributed by atoms with E-state index in [2.05, 4.69) is 14.9 Å². The lowest BCUT2D eigenvalue weighted by molar-refractivity contribution is 0.0686. The maximum atomic E-state index is 12.3. The van der Waals surface area contributed by atoms with E-state index >= 15 is 0 Å². The SMILES string of the molecule is Cc1[nH]nc(C(=O)O)c1S(=O)(=O)Nc1cc(Cl)ccc1Cl. The third-order valence-corrected chi connectivity index (χ3v) is 4.63. The van der Waals surface area contributed by atoms with E-state index in [1.807, 2.05) is 0 Å². The van der Waals surface area contributed by atoms with Crippen molar-refractivity contribution < 1.29 is 18.3 Å². The van der Waals surface area contributed by atoms with E-state index in [-0.39, 0.29) is 21.4 Å².